The number of hydrogen-bond acceptors (Lipinski definition) is 9. The number of nitrogens with one attached hydrogen (secondary N) is 3. The molecule has 1 saturated heterocycles. The van der Waals surface area contributed by atoms with E-state index in [2.05, 4.69) is 15.4 Å². The van der Waals surface area contributed by atoms with Gasteiger partial charge in [-0.3, -0.25) is 19.1 Å². The Morgan fingerprint density at radius 1 is 1.04 bits per heavy atom. The number of amides is 5. The third kappa shape index (κ3) is 8.50. The van der Waals surface area contributed by atoms with Gasteiger partial charge in [-0.25, -0.2) is 26.8 Å². The Hall–Kier alpha value is -4.28. The van der Waals surface area contributed by atoms with E-state index in [0.717, 1.165) is 11.1 Å². The summed E-state index contributed by atoms with van der Waals surface area (Å²) in [6, 6.07) is 5.19. The van der Waals surface area contributed by atoms with Crippen LogP contribution >= 0.6 is 0 Å². The molecule has 17 heteroatoms. The Bertz CT molecular complexity index is 1690. The first-order chi connectivity index (χ1) is 24.9. The Labute approximate surface area is 301 Å². The number of sulfonamides is 1. The molecule has 0 unspecified atom stereocenters. The van der Waals surface area contributed by atoms with Crippen molar-refractivity contribution in [3.8, 4) is 0 Å². The number of allylic oxidation sites excluding steroid dienone is 1. The molecule has 5 atom stereocenters. The van der Waals surface area contributed by atoms with Gasteiger partial charge in [0, 0.05) is 25.4 Å². The zero-order valence-electron chi connectivity index (χ0n) is 28.8. The second-order valence-electron chi connectivity index (χ2n) is 14.2. The van der Waals surface area contributed by atoms with Gasteiger partial charge in [-0.2, -0.15) is 0 Å². The summed E-state index contributed by atoms with van der Waals surface area (Å²) in [6.07, 6.45) is 3.19. The molecular weight excluding hydrogens is 704 g/mol. The molecule has 0 aromatic heterocycles. The van der Waals surface area contributed by atoms with E-state index in [0.29, 0.717) is 58.0 Å². The van der Waals surface area contributed by atoms with E-state index < -0.39 is 94.3 Å². The van der Waals surface area contributed by atoms with Crippen LogP contribution in [0, 0.1) is 5.92 Å². The number of nitrogens with zero attached hydrogens (tertiary/aromatic N) is 2. The molecule has 1 aromatic carbocycles. The van der Waals surface area contributed by atoms with Gasteiger partial charge in [-0.1, -0.05) is 49.3 Å². The van der Waals surface area contributed by atoms with Crippen molar-refractivity contribution in [2.45, 2.75) is 106 Å². The topological polar surface area (TPSA) is 181 Å². The Morgan fingerprint density at radius 3 is 2.52 bits per heavy atom. The van der Waals surface area contributed by atoms with Gasteiger partial charge >= 0.3 is 12.2 Å². The molecule has 3 heterocycles. The first-order valence-electron chi connectivity index (χ1n) is 17.9. The van der Waals surface area contributed by atoms with Crippen LogP contribution in [-0.2, 0) is 46.8 Å². The Kier molecular flexibility index (Phi) is 11.4. The second kappa shape index (κ2) is 15.8. The smallest absolute Gasteiger partial charge is 0.410 e. The number of halogens is 2. The molecule has 2 aliphatic carbocycles. The van der Waals surface area contributed by atoms with Gasteiger partial charge in [0.1, 0.15) is 37.1 Å². The highest BCUT2D eigenvalue weighted by Gasteiger charge is 2.62. The van der Waals surface area contributed by atoms with Crippen molar-refractivity contribution in [1.29, 1.82) is 0 Å². The minimum atomic E-state index is -3.94. The summed E-state index contributed by atoms with van der Waals surface area (Å²) < 4.78 is 64.6. The fraction of sp³-hybridized carbons (Fsp3) is 0.629. The van der Waals surface area contributed by atoms with Gasteiger partial charge in [0.25, 0.3) is 5.91 Å². The molecule has 52 heavy (non-hydrogen) atoms. The van der Waals surface area contributed by atoms with Crippen LogP contribution in [0.15, 0.2) is 36.4 Å². The molecule has 0 spiro atoms. The summed E-state index contributed by atoms with van der Waals surface area (Å²) in [7, 11) is -3.94. The van der Waals surface area contributed by atoms with Crippen molar-refractivity contribution in [2.75, 3.05) is 26.4 Å². The van der Waals surface area contributed by atoms with Crippen LogP contribution in [0.3, 0.4) is 0 Å². The van der Waals surface area contributed by atoms with E-state index in [1.54, 1.807) is 6.08 Å². The Balaban J connectivity index is 1.24. The van der Waals surface area contributed by atoms with E-state index >= 15 is 0 Å². The molecule has 2 saturated carbocycles. The fourth-order valence-corrected chi connectivity index (χ4v) is 8.51. The Morgan fingerprint density at radius 2 is 1.79 bits per heavy atom. The van der Waals surface area contributed by atoms with E-state index in [9.17, 15) is 41.2 Å². The fourth-order valence-electron chi connectivity index (χ4n) is 7.15. The maximum absolute atomic E-state index is 14.2. The summed E-state index contributed by atoms with van der Waals surface area (Å²) >= 11 is 0. The number of carbonyl (C=O) groups excluding carboxylic acids is 5. The highest BCUT2D eigenvalue weighted by atomic mass is 32.2. The summed E-state index contributed by atoms with van der Waals surface area (Å²) in [6.45, 7) is -2.04. The molecule has 3 N–H and O–H groups in total. The molecule has 6 rings (SSSR count). The van der Waals surface area contributed by atoms with Crippen LogP contribution in [0.1, 0.15) is 68.9 Å². The molecule has 3 fully saturated rings. The summed E-state index contributed by atoms with van der Waals surface area (Å²) in [5.41, 5.74) is 0.511. The number of hydrogen-bond donors (Lipinski definition) is 3. The molecule has 284 valence electrons. The van der Waals surface area contributed by atoms with Crippen LogP contribution in [0.5, 0.6) is 0 Å². The number of fused-ring (bicyclic) bond motifs is 3. The average Bonchev–Trinajstić information content (AvgIpc) is 4.06. The van der Waals surface area contributed by atoms with Gasteiger partial charge < -0.3 is 29.9 Å². The number of rotatable bonds is 8. The van der Waals surface area contributed by atoms with Crippen molar-refractivity contribution in [3.05, 3.63) is 47.5 Å². The van der Waals surface area contributed by atoms with Crippen LogP contribution in [0.2, 0.25) is 0 Å². The molecule has 3 aliphatic heterocycles. The second-order valence-corrected chi connectivity index (χ2v) is 16.2. The quantitative estimate of drug-likeness (QED) is 0.337. The SMILES string of the molecule is O=C(N[C@H]1CCCCCC=C[C@@H]2C[C@@]2(C(=O)NS(=O)(=O)C2CC2)NC(=O)[C@@H]2C[C@@H](OC(=O)N3CCc4ccccc4C3)CN2C1=O)OC(CF)CF. The number of alkyl halides is 2. The van der Waals surface area contributed by atoms with Crippen molar-refractivity contribution in [2.24, 2.45) is 5.92 Å². The normalized spacial score (nSPS) is 28.0. The maximum atomic E-state index is 14.2. The van der Waals surface area contributed by atoms with Crippen molar-refractivity contribution < 1.29 is 50.6 Å². The molecule has 0 bridgehead atoms. The monoisotopic (exact) mass is 749 g/mol. The third-order valence-corrected chi connectivity index (χ3v) is 12.2. The zero-order valence-corrected chi connectivity index (χ0v) is 29.6. The van der Waals surface area contributed by atoms with Crippen molar-refractivity contribution in [3.63, 3.8) is 0 Å². The molecule has 1 aromatic rings. The van der Waals surface area contributed by atoms with Gasteiger partial charge in [-0.15, -0.1) is 0 Å². The first kappa shape index (κ1) is 37.5. The van der Waals surface area contributed by atoms with E-state index in [1.807, 2.05) is 30.3 Å². The molecule has 5 aliphatic rings. The number of carbonyl (C=O) groups is 5. The van der Waals surface area contributed by atoms with Crippen molar-refractivity contribution in [1.82, 2.24) is 25.2 Å². The summed E-state index contributed by atoms with van der Waals surface area (Å²) in [5.74, 6) is -2.84. The van der Waals surface area contributed by atoms with Crippen LogP contribution < -0.4 is 15.4 Å². The van der Waals surface area contributed by atoms with Gasteiger partial charge in [0.15, 0.2) is 6.10 Å². The van der Waals surface area contributed by atoms with E-state index in [-0.39, 0.29) is 25.8 Å². The molecule has 0 radical (unpaired) electrons. The third-order valence-electron chi connectivity index (χ3n) is 10.4. The minimum Gasteiger partial charge on any atom is -0.444 e. The van der Waals surface area contributed by atoms with E-state index in [4.69, 9.17) is 9.47 Å². The first-order valence-corrected chi connectivity index (χ1v) is 19.5. The predicted octanol–water partition coefficient (Wildman–Crippen LogP) is 2.56. The van der Waals surface area contributed by atoms with Gasteiger partial charge in [0.05, 0.1) is 11.8 Å². The lowest BCUT2D eigenvalue weighted by Crippen LogP contribution is -2.58. The zero-order chi connectivity index (χ0) is 37.0. The highest BCUT2D eigenvalue weighted by Crippen LogP contribution is 2.46. The number of alkyl carbamates (subject to hydrolysis) is 1. The lowest BCUT2D eigenvalue weighted by Gasteiger charge is -2.30. The van der Waals surface area contributed by atoms with E-state index in [1.165, 1.54) is 9.80 Å². The lowest BCUT2D eigenvalue weighted by atomic mass is 10.0. The van der Waals surface area contributed by atoms with Crippen LogP contribution in [0.4, 0.5) is 18.4 Å². The van der Waals surface area contributed by atoms with Gasteiger partial charge in [-0.05, 0) is 56.1 Å². The minimum absolute atomic E-state index is 0.115. The average molecular weight is 750 g/mol. The largest absolute Gasteiger partial charge is 0.444 e. The van der Waals surface area contributed by atoms with Crippen LogP contribution in [0.25, 0.3) is 0 Å². The van der Waals surface area contributed by atoms with Crippen LogP contribution in [-0.4, -0.2) is 110 Å². The predicted molar refractivity (Wildman–Crippen MR) is 181 cm³/mol. The number of benzene rings is 1. The highest BCUT2D eigenvalue weighted by molar-refractivity contribution is 7.91. The van der Waals surface area contributed by atoms with Crippen molar-refractivity contribution >= 4 is 39.9 Å². The lowest BCUT2D eigenvalue weighted by molar-refractivity contribution is -0.141. The van der Waals surface area contributed by atoms with Gasteiger partial charge in [0.2, 0.25) is 21.8 Å². The molecular formula is C35H45F2N5O9S. The number of ether oxygens (including phenoxy) is 2. The molecule has 5 amide bonds. The molecule has 14 nitrogen and oxygen atoms in total. The standard InChI is InChI=1S/C35H45F2N5O9S/c36-18-26(19-37)50-33(46)38-28-11-5-3-1-2-4-10-24-17-35(24,32(45)40-52(48,49)27-12-13-27)39-30(43)29-16-25(21-42(29)31(28)44)51-34(47)41-15-14-22-8-6-7-9-23(22)20-41/h4,6-10,24-29H,1-3,5,11-21H2,(H,38,46)(H,39,43)(H,40,45)/t24-,25-,28+,29+,35-/m1/s1. The summed E-state index contributed by atoms with van der Waals surface area (Å²) in [5, 5.41) is 4.49. The maximum Gasteiger partial charge on any atom is 0.410 e. The summed E-state index contributed by atoms with van der Waals surface area (Å²) in [4.78, 5) is 70.7.